The molecule has 0 unspecified atom stereocenters. The first kappa shape index (κ1) is 19.2. The number of rotatable bonds is 7. The van der Waals surface area contributed by atoms with E-state index in [1.807, 2.05) is 60.7 Å². The van der Waals surface area contributed by atoms with Crippen LogP contribution in [0.5, 0.6) is 11.5 Å². The highest BCUT2D eigenvalue weighted by molar-refractivity contribution is 14.1. The fourth-order valence-electron chi connectivity index (χ4n) is 2.58. The molecule has 136 valence electrons. The van der Waals surface area contributed by atoms with Crippen LogP contribution in [0, 0.1) is 3.57 Å². The van der Waals surface area contributed by atoms with Crippen LogP contribution >= 0.6 is 22.6 Å². The third-order valence-corrected chi connectivity index (χ3v) is 4.76. The monoisotopic (exact) mass is 470 g/mol. The number of hydrogen-bond acceptors (Lipinski definition) is 3. The number of carbonyl (C=O) groups is 1. The number of ketones is 1. The van der Waals surface area contributed by atoms with Gasteiger partial charge in [-0.3, -0.25) is 4.79 Å². The molecule has 0 bridgehead atoms. The van der Waals surface area contributed by atoms with Crippen molar-refractivity contribution in [2.24, 2.45) is 0 Å². The molecule has 27 heavy (non-hydrogen) atoms. The average Bonchev–Trinajstić information content (AvgIpc) is 2.72. The zero-order valence-electron chi connectivity index (χ0n) is 14.9. The molecule has 3 rings (SSSR count). The summed E-state index contributed by atoms with van der Waals surface area (Å²) in [7, 11) is 1.61. The second kappa shape index (κ2) is 9.37. The van der Waals surface area contributed by atoms with Crippen LogP contribution in [0.25, 0.3) is 6.08 Å². The number of halogens is 1. The smallest absolute Gasteiger partial charge is 0.185 e. The molecule has 0 saturated heterocycles. The van der Waals surface area contributed by atoms with Gasteiger partial charge in [0.25, 0.3) is 0 Å². The Kier molecular flexibility index (Phi) is 6.65. The Hall–Kier alpha value is -2.60. The summed E-state index contributed by atoms with van der Waals surface area (Å²) in [6.45, 7) is 0.467. The highest BCUT2D eigenvalue weighted by Gasteiger charge is 2.11. The van der Waals surface area contributed by atoms with Crippen LogP contribution in [-0.4, -0.2) is 12.9 Å². The molecular weight excluding hydrogens is 451 g/mol. The van der Waals surface area contributed by atoms with Crippen LogP contribution in [0.2, 0.25) is 0 Å². The van der Waals surface area contributed by atoms with E-state index in [1.165, 1.54) is 0 Å². The van der Waals surface area contributed by atoms with Gasteiger partial charge in [-0.2, -0.15) is 0 Å². The van der Waals surface area contributed by atoms with E-state index in [-0.39, 0.29) is 5.78 Å². The lowest BCUT2D eigenvalue weighted by atomic mass is 10.1. The van der Waals surface area contributed by atoms with Crippen LogP contribution in [0.3, 0.4) is 0 Å². The maximum absolute atomic E-state index is 12.2. The minimum Gasteiger partial charge on any atom is -0.493 e. The molecule has 4 heteroatoms. The molecule has 0 N–H and O–H groups in total. The molecule has 0 saturated carbocycles. The number of allylic oxidation sites excluding steroid dienone is 1. The quantitative estimate of drug-likeness (QED) is 0.250. The molecule has 0 fully saturated rings. The summed E-state index contributed by atoms with van der Waals surface area (Å²) in [5, 5.41) is 0. The second-order valence-corrected chi connectivity index (χ2v) is 7.03. The first-order valence-electron chi connectivity index (χ1n) is 8.49. The molecule has 0 radical (unpaired) electrons. The van der Waals surface area contributed by atoms with E-state index >= 15 is 0 Å². The number of carbonyl (C=O) groups excluding carboxylic acids is 1. The van der Waals surface area contributed by atoms with Crippen molar-refractivity contribution in [2.45, 2.75) is 6.61 Å². The number of methoxy groups -OCH3 is 1. The lowest BCUT2D eigenvalue weighted by Crippen LogP contribution is -2.00. The summed E-state index contributed by atoms with van der Waals surface area (Å²) < 4.78 is 12.4. The van der Waals surface area contributed by atoms with Crippen LogP contribution in [0.1, 0.15) is 21.5 Å². The molecule has 3 aromatic carbocycles. The topological polar surface area (TPSA) is 35.5 Å². The Bertz CT molecular complexity index is 935. The van der Waals surface area contributed by atoms with Gasteiger partial charge in [0.05, 0.1) is 10.7 Å². The summed E-state index contributed by atoms with van der Waals surface area (Å²) in [5.74, 6) is 1.31. The Labute approximate surface area is 172 Å². The van der Waals surface area contributed by atoms with Crippen LogP contribution < -0.4 is 9.47 Å². The highest BCUT2D eigenvalue weighted by Crippen LogP contribution is 2.35. The molecule has 3 aromatic rings. The summed E-state index contributed by atoms with van der Waals surface area (Å²) >= 11 is 2.22. The van der Waals surface area contributed by atoms with Crippen molar-refractivity contribution in [3.8, 4) is 11.5 Å². The van der Waals surface area contributed by atoms with Gasteiger partial charge in [-0.25, -0.2) is 0 Å². The van der Waals surface area contributed by atoms with Gasteiger partial charge < -0.3 is 9.47 Å². The number of hydrogen-bond donors (Lipinski definition) is 0. The van der Waals surface area contributed by atoms with Gasteiger partial charge >= 0.3 is 0 Å². The first-order chi connectivity index (χ1) is 13.2. The Balaban J connectivity index is 1.77. The average molecular weight is 470 g/mol. The standard InChI is InChI=1S/C23H19IO3/c1-26-22-15-18(12-13-21(25)19-10-6-3-7-11-19)14-20(24)23(22)27-16-17-8-4-2-5-9-17/h2-15H,16H2,1H3/b13-12+. The van der Waals surface area contributed by atoms with Gasteiger partial charge in [0, 0.05) is 5.56 Å². The lowest BCUT2D eigenvalue weighted by Gasteiger charge is -2.13. The van der Waals surface area contributed by atoms with Crippen LogP contribution in [0.4, 0.5) is 0 Å². The normalized spacial score (nSPS) is 10.7. The minimum absolute atomic E-state index is 0.0334. The predicted octanol–water partition coefficient (Wildman–Crippen LogP) is 5.77. The number of benzene rings is 3. The summed E-state index contributed by atoms with van der Waals surface area (Å²) in [6, 6.07) is 23.0. The van der Waals surface area contributed by atoms with Gasteiger partial charge in [0.15, 0.2) is 17.3 Å². The Morgan fingerprint density at radius 2 is 1.67 bits per heavy atom. The Morgan fingerprint density at radius 3 is 2.33 bits per heavy atom. The summed E-state index contributed by atoms with van der Waals surface area (Å²) in [4.78, 5) is 12.2. The molecule has 0 atom stereocenters. The van der Waals surface area contributed by atoms with Gasteiger partial charge in [0.1, 0.15) is 6.61 Å². The molecule has 0 aromatic heterocycles. The molecular formula is C23H19IO3. The van der Waals surface area contributed by atoms with Gasteiger partial charge in [-0.1, -0.05) is 66.7 Å². The molecule has 0 amide bonds. The van der Waals surface area contributed by atoms with Crippen molar-refractivity contribution in [2.75, 3.05) is 7.11 Å². The van der Waals surface area contributed by atoms with E-state index in [9.17, 15) is 4.79 Å². The predicted molar refractivity (Wildman–Crippen MR) is 116 cm³/mol. The third kappa shape index (κ3) is 5.20. The van der Waals surface area contributed by atoms with Gasteiger partial charge in [-0.05, 0) is 51.9 Å². The highest BCUT2D eigenvalue weighted by atomic mass is 127. The van der Waals surface area contributed by atoms with Crippen molar-refractivity contribution < 1.29 is 14.3 Å². The lowest BCUT2D eigenvalue weighted by molar-refractivity contribution is 0.104. The van der Waals surface area contributed by atoms with E-state index in [0.29, 0.717) is 23.7 Å². The van der Waals surface area contributed by atoms with Crippen molar-refractivity contribution in [1.82, 2.24) is 0 Å². The molecule has 0 aliphatic rings. The zero-order valence-corrected chi connectivity index (χ0v) is 17.1. The van der Waals surface area contributed by atoms with Crippen molar-refractivity contribution in [3.05, 3.63) is 99.1 Å². The van der Waals surface area contributed by atoms with E-state index < -0.39 is 0 Å². The fraction of sp³-hybridized carbons (Fsp3) is 0.0870. The van der Waals surface area contributed by atoms with Crippen LogP contribution in [0.15, 0.2) is 78.9 Å². The van der Waals surface area contributed by atoms with Crippen molar-refractivity contribution in [3.63, 3.8) is 0 Å². The largest absolute Gasteiger partial charge is 0.493 e. The van der Waals surface area contributed by atoms with Crippen LogP contribution in [-0.2, 0) is 6.61 Å². The first-order valence-corrected chi connectivity index (χ1v) is 9.57. The molecule has 3 nitrogen and oxygen atoms in total. The maximum Gasteiger partial charge on any atom is 0.185 e. The molecule has 0 heterocycles. The Morgan fingerprint density at radius 1 is 1.00 bits per heavy atom. The van der Waals surface area contributed by atoms with E-state index in [2.05, 4.69) is 22.6 Å². The third-order valence-electron chi connectivity index (χ3n) is 3.96. The van der Waals surface area contributed by atoms with E-state index in [0.717, 1.165) is 14.7 Å². The SMILES string of the molecule is COc1cc(/C=C/C(=O)c2ccccc2)cc(I)c1OCc1ccccc1. The fourth-order valence-corrected chi connectivity index (χ4v) is 3.36. The maximum atomic E-state index is 12.2. The minimum atomic E-state index is -0.0334. The van der Waals surface area contributed by atoms with E-state index in [1.54, 1.807) is 31.4 Å². The molecule has 0 aliphatic heterocycles. The summed E-state index contributed by atoms with van der Waals surface area (Å²) in [6.07, 6.45) is 3.37. The zero-order chi connectivity index (χ0) is 19.1. The second-order valence-electron chi connectivity index (χ2n) is 5.87. The van der Waals surface area contributed by atoms with Gasteiger partial charge in [-0.15, -0.1) is 0 Å². The summed E-state index contributed by atoms with van der Waals surface area (Å²) in [5.41, 5.74) is 2.64. The molecule has 0 aliphatic carbocycles. The number of ether oxygens (including phenoxy) is 2. The molecule has 0 spiro atoms. The van der Waals surface area contributed by atoms with Crippen molar-refractivity contribution >= 4 is 34.5 Å². The van der Waals surface area contributed by atoms with E-state index in [4.69, 9.17) is 9.47 Å². The van der Waals surface area contributed by atoms with Gasteiger partial charge in [0.2, 0.25) is 0 Å². The van der Waals surface area contributed by atoms with Crippen molar-refractivity contribution in [1.29, 1.82) is 0 Å².